The van der Waals surface area contributed by atoms with E-state index >= 15 is 0 Å². The fourth-order valence-electron chi connectivity index (χ4n) is 1.55. The third-order valence-electron chi connectivity index (χ3n) is 2.37. The smallest absolute Gasteiger partial charge is 0.471 e. The largest absolute Gasteiger partial charge is 0.478 e. The summed E-state index contributed by atoms with van der Waals surface area (Å²) in [6, 6.07) is 3.94. The summed E-state index contributed by atoms with van der Waals surface area (Å²) < 4.78 is 37.4. The van der Waals surface area contributed by atoms with Gasteiger partial charge in [0.25, 0.3) is 0 Å². The van der Waals surface area contributed by atoms with Crippen molar-refractivity contribution in [2.24, 2.45) is 0 Å². The molecule has 0 aliphatic carbocycles. The van der Waals surface area contributed by atoms with E-state index in [1.165, 1.54) is 26.0 Å². The number of hydrogen-bond donors (Lipinski definition) is 1. The van der Waals surface area contributed by atoms with E-state index in [0.29, 0.717) is 4.90 Å². The highest BCUT2D eigenvalue weighted by atomic mass is 19.4. The van der Waals surface area contributed by atoms with Gasteiger partial charge in [0.2, 0.25) is 0 Å². The first kappa shape index (κ1) is 15.0. The number of hydrogen-bond acceptors (Lipinski definition) is 2. The van der Waals surface area contributed by atoms with Gasteiger partial charge < -0.3 is 10.0 Å². The number of carbonyl (C=O) groups is 2. The summed E-state index contributed by atoms with van der Waals surface area (Å²) in [5.74, 6) is -3.17. The van der Waals surface area contributed by atoms with Crippen molar-refractivity contribution >= 4 is 17.6 Å². The maximum Gasteiger partial charge on any atom is 0.471 e. The molecular formula is C12H12F3NO3. The standard InChI is InChI=1S/C12H12F3NO3/c1-7(2)16(11(19)12(13,14)15)9-5-3-8(4-6-9)10(17)18/h3-7H,1-2H3,(H,17,18). The summed E-state index contributed by atoms with van der Waals surface area (Å²) in [6.07, 6.45) is -4.98. The van der Waals surface area contributed by atoms with Crippen molar-refractivity contribution in [1.29, 1.82) is 0 Å². The van der Waals surface area contributed by atoms with Gasteiger partial charge in [-0.25, -0.2) is 4.79 Å². The van der Waals surface area contributed by atoms with Gasteiger partial charge in [0.15, 0.2) is 0 Å². The van der Waals surface area contributed by atoms with E-state index in [4.69, 9.17) is 5.11 Å². The lowest BCUT2D eigenvalue weighted by Gasteiger charge is -2.27. The SMILES string of the molecule is CC(C)N(C(=O)C(F)(F)F)c1ccc(C(=O)O)cc1. The number of anilines is 1. The van der Waals surface area contributed by atoms with Crippen molar-refractivity contribution in [1.82, 2.24) is 0 Å². The first-order chi connectivity index (χ1) is 8.64. The molecule has 19 heavy (non-hydrogen) atoms. The van der Waals surface area contributed by atoms with Crippen LogP contribution in [0.1, 0.15) is 24.2 Å². The van der Waals surface area contributed by atoms with Crippen LogP contribution in [0.3, 0.4) is 0 Å². The molecule has 4 nitrogen and oxygen atoms in total. The second-order valence-electron chi connectivity index (χ2n) is 4.12. The van der Waals surface area contributed by atoms with Crippen molar-refractivity contribution in [3.63, 3.8) is 0 Å². The van der Waals surface area contributed by atoms with Gasteiger partial charge in [-0.05, 0) is 38.1 Å². The monoisotopic (exact) mass is 275 g/mol. The van der Waals surface area contributed by atoms with E-state index in [1.807, 2.05) is 0 Å². The van der Waals surface area contributed by atoms with Gasteiger partial charge in [-0.1, -0.05) is 0 Å². The number of carboxylic acid groups (broad SMARTS) is 1. The number of benzene rings is 1. The maximum atomic E-state index is 12.5. The number of nitrogens with zero attached hydrogens (tertiary/aromatic N) is 1. The lowest BCUT2D eigenvalue weighted by Crippen LogP contribution is -2.45. The van der Waals surface area contributed by atoms with Crippen LogP contribution in [-0.2, 0) is 4.79 Å². The molecule has 0 atom stereocenters. The number of alkyl halides is 3. The number of amides is 1. The normalized spacial score (nSPS) is 11.5. The summed E-state index contributed by atoms with van der Waals surface area (Å²) in [5.41, 5.74) is -0.0609. The van der Waals surface area contributed by atoms with Gasteiger partial charge in [0, 0.05) is 11.7 Å². The Hall–Kier alpha value is -2.05. The van der Waals surface area contributed by atoms with E-state index in [0.717, 1.165) is 12.1 Å². The molecule has 0 aromatic heterocycles. The third-order valence-corrected chi connectivity index (χ3v) is 2.37. The van der Waals surface area contributed by atoms with Crippen molar-refractivity contribution in [3.8, 4) is 0 Å². The molecule has 7 heteroatoms. The molecule has 0 aliphatic rings. The number of carboxylic acids is 1. The zero-order valence-corrected chi connectivity index (χ0v) is 10.2. The number of aromatic carboxylic acids is 1. The van der Waals surface area contributed by atoms with Crippen LogP contribution in [0, 0.1) is 0 Å². The highest BCUT2D eigenvalue weighted by Gasteiger charge is 2.43. The number of rotatable bonds is 3. The van der Waals surface area contributed by atoms with Crippen LogP contribution >= 0.6 is 0 Å². The van der Waals surface area contributed by atoms with Gasteiger partial charge in [0.05, 0.1) is 5.56 Å². The lowest BCUT2D eigenvalue weighted by atomic mass is 10.1. The lowest BCUT2D eigenvalue weighted by molar-refractivity contribution is -0.170. The van der Waals surface area contributed by atoms with Crippen LogP contribution in [0.15, 0.2) is 24.3 Å². The van der Waals surface area contributed by atoms with E-state index in [1.54, 1.807) is 0 Å². The molecule has 0 fully saturated rings. The molecule has 104 valence electrons. The average Bonchev–Trinajstić information content (AvgIpc) is 2.28. The Labute approximate surface area is 107 Å². The first-order valence-corrected chi connectivity index (χ1v) is 5.38. The molecule has 0 saturated heterocycles. The highest BCUT2D eigenvalue weighted by molar-refractivity contribution is 5.98. The molecule has 0 spiro atoms. The van der Waals surface area contributed by atoms with Crippen molar-refractivity contribution in [2.75, 3.05) is 4.90 Å². The molecular weight excluding hydrogens is 263 g/mol. The first-order valence-electron chi connectivity index (χ1n) is 5.38. The topological polar surface area (TPSA) is 57.6 Å². The summed E-state index contributed by atoms with van der Waals surface area (Å²) in [5, 5.41) is 8.70. The van der Waals surface area contributed by atoms with E-state index < -0.39 is 24.1 Å². The van der Waals surface area contributed by atoms with Gasteiger partial charge in [-0.15, -0.1) is 0 Å². The minimum absolute atomic E-state index is 0.00215. The Kier molecular flexibility index (Phi) is 4.18. The minimum atomic E-state index is -4.98. The summed E-state index contributed by atoms with van der Waals surface area (Å²) in [6.45, 7) is 2.88. The van der Waals surface area contributed by atoms with Crippen LogP contribution in [0.2, 0.25) is 0 Å². The summed E-state index contributed by atoms with van der Waals surface area (Å²) in [4.78, 5) is 22.5. The zero-order chi connectivity index (χ0) is 14.8. The molecule has 0 radical (unpaired) electrons. The number of carbonyl (C=O) groups excluding carboxylic acids is 1. The van der Waals surface area contributed by atoms with E-state index in [9.17, 15) is 22.8 Å². The molecule has 1 rings (SSSR count). The molecule has 0 saturated carbocycles. The minimum Gasteiger partial charge on any atom is -0.478 e. The molecule has 1 N–H and O–H groups in total. The quantitative estimate of drug-likeness (QED) is 0.922. The Balaban J connectivity index is 3.14. The number of halogens is 3. The van der Waals surface area contributed by atoms with Gasteiger partial charge in [-0.2, -0.15) is 13.2 Å². The van der Waals surface area contributed by atoms with E-state index in [2.05, 4.69) is 0 Å². The highest BCUT2D eigenvalue weighted by Crippen LogP contribution is 2.25. The Morgan fingerprint density at radius 3 is 1.95 bits per heavy atom. The summed E-state index contributed by atoms with van der Waals surface area (Å²) in [7, 11) is 0. The van der Waals surface area contributed by atoms with Crippen LogP contribution < -0.4 is 4.90 Å². The predicted molar refractivity (Wildman–Crippen MR) is 62.1 cm³/mol. The zero-order valence-electron chi connectivity index (χ0n) is 10.2. The average molecular weight is 275 g/mol. The predicted octanol–water partition coefficient (Wildman–Crippen LogP) is 2.69. The van der Waals surface area contributed by atoms with Crippen molar-refractivity contribution in [2.45, 2.75) is 26.1 Å². The molecule has 1 amide bonds. The van der Waals surface area contributed by atoms with Crippen molar-refractivity contribution < 1.29 is 27.9 Å². The Bertz CT molecular complexity index is 480. The Morgan fingerprint density at radius 2 is 1.63 bits per heavy atom. The molecule has 0 bridgehead atoms. The molecule has 1 aromatic carbocycles. The summed E-state index contributed by atoms with van der Waals surface area (Å²) >= 11 is 0. The van der Waals surface area contributed by atoms with Gasteiger partial charge in [0.1, 0.15) is 0 Å². The fourth-order valence-corrected chi connectivity index (χ4v) is 1.55. The second kappa shape index (κ2) is 5.29. The second-order valence-corrected chi connectivity index (χ2v) is 4.12. The third kappa shape index (κ3) is 3.46. The van der Waals surface area contributed by atoms with E-state index in [-0.39, 0.29) is 11.3 Å². The van der Waals surface area contributed by atoms with Crippen LogP contribution in [0.5, 0.6) is 0 Å². The van der Waals surface area contributed by atoms with Crippen LogP contribution in [-0.4, -0.2) is 29.2 Å². The maximum absolute atomic E-state index is 12.5. The molecule has 1 aromatic rings. The molecule has 0 unspecified atom stereocenters. The Morgan fingerprint density at radius 1 is 1.16 bits per heavy atom. The van der Waals surface area contributed by atoms with Crippen molar-refractivity contribution in [3.05, 3.63) is 29.8 Å². The van der Waals surface area contributed by atoms with Gasteiger partial charge >= 0.3 is 18.1 Å². The molecule has 0 heterocycles. The van der Waals surface area contributed by atoms with Crippen LogP contribution in [0.25, 0.3) is 0 Å². The molecule has 0 aliphatic heterocycles. The van der Waals surface area contributed by atoms with Gasteiger partial charge in [-0.3, -0.25) is 4.79 Å². The van der Waals surface area contributed by atoms with Crippen LogP contribution in [0.4, 0.5) is 18.9 Å². The fraction of sp³-hybridized carbons (Fsp3) is 0.333.